The SMILES string of the molecule is C=CCOc1ccc([C@@H]2CN(C)[C@@]3(C(=O)Nc4ccccc43)[C@H]2[N+](=O)[O-])cc1OCC. The molecule has 2 aliphatic heterocycles. The molecular formula is C23H25N3O5. The van der Waals surface area contributed by atoms with Crippen LogP contribution in [-0.4, -0.2) is 48.6 Å². The number of rotatable bonds is 7. The van der Waals surface area contributed by atoms with Gasteiger partial charge in [-0.15, -0.1) is 0 Å². The van der Waals surface area contributed by atoms with Crippen LogP contribution in [0, 0.1) is 10.1 Å². The molecule has 0 aliphatic carbocycles. The van der Waals surface area contributed by atoms with Gasteiger partial charge in [0.2, 0.25) is 0 Å². The summed E-state index contributed by atoms with van der Waals surface area (Å²) in [6.07, 6.45) is 1.64. The van der Waals surface area contributed by atoms with Crippen molar-refractivity contribution in [1.29, 1.82) is 0 Å². The number of fused-ring (bicyclic) bond motifs is 2. The maximum Gasteiger partial charge on any atom is 0.256 e. The van der Waals surface area contributed by atoms with Gasteiger partial charge in [0.15, 0.2) is 17.0 Å². The summed E-state index contributed by atoms with van der Waals surface area (Å²) in [4.78, 5) is 27.1. The Bertz CT molecular complexity index is 1040. The molecule has 1 fully saturated rings. The van der Waals surface area contributed by atoms with Crippen molar-refractivity contribution < 1.29 is 19.2 Å². The number of likely N-dealkylation sites (N-methyl/N-ethyl adjacent to an activating group) is 1. The number of nitro groups is 1. The molecular weight excluding hydrogens is 398 g/mol. The molecule has 2 aliphatic rings. The number of nitrogens with zero attached hydrogens (tertiary/aromatic N) is 2. The van der Waals surface area contributed by atoms with Crippen molar-refractivity contribution in [2.24, 2.45) is 0 Å². The van der Waals surface area contributed by atoms with Gasteiger partial charge in [0.1, 0.15) is 6.61 Å². The molecule has 1 amide bonds. The summed E-state index contributed by atoms with van der Waals surface area (Å²) in [5.41, 5.74) is 0.629. The van der Waals surface area contributed by atoms with Gasteiger partial charge in [0.05, 0.1) is 12.5 Å². The summed E-state index contributed by atoms with van der Waals surface area (Å²) in [6, 6.07) is 11.4. The number of para-hydroxylation sites is 1. The fraction of sp³-hybridized carbons (Fsp3) is 0.348. The monoisotopic (exact) mass is 423 g/mol. The van der Waals surface area contributed by atoms with Gasteiger partial charge in [-0.2, -0.15) is 0 Å². The highest BCUT2D eigenvalue weighted by atomic mass is 16.6. The van der Waals surface area contributed by atoms with Gasteiger partial charge in [-0.3, -0.25) is 19.8 Å². The van der Waals surface area contributed by atoms with Crippen molar-refractivity contribution in [1.82, 2.24) is 4.90 Å². The van der Waals surface area contributed by atoms with E-state index >= 15 is 0 Å². The molecule has 2 heterocycles. The van der Waals surface area contributed by atoms with Gasteiger partial charge in [-0.1, -0.05) is 36.9 Å². The minimum absolute atomic E-state index is 0.321. The van der Waals surface area contributed by atoms with Gasteiger partial charge in [-0.05, 0) is 37.7 Å². The van der Waals surface area contributed by atoms with Gasteiger partial charge in [-0.25, -0.2) is 0 Å². The molecule has 0 saturated carbocycles. The number of nitrogens with one attached hydrogen (secondary N) is 1. The van der Waals surface area contributed by atoms with E-state index in [1.54, 1.807) is 48.4 Å². The lowest BCUT2D eigenvalue weighted by atomic mass is 9.79. The summed E-state index contributed by atoms with van der Waals surface area (Å²) in [5.74, 6) is 0.193. The Balaban J connectivity index is 1.80. The molecule has 0 aromatic heterocycles. The molecule has 0 radical (unpaired) electrons. The predicted molar refractivity (Wildman–Crippen MR) is 116 cm³/mol. The minimum atomic E-state index is -1.37. The van der Waals surface area contributed by atoms with Crippen LogP contribution in [0.1, 0.15) is 24.0 Å². The Labute approximate surface area is 180 Å². The number of ether oxygens (including phenoxy) is 2. The minimum Gasteiger partial charge on any atom is -0.490 e. The molecule has 4 rings (SSSR count). The molecule has 8 nitrogen and oxygen atoms in total. The van der Waals surface area contributed by atoms with Crippen LogP contribution in [0.15, 0.2) is 55.1 Å². The van der Waals surface area contributed by atoms with Gasteiger partial charge >= 0.3 is 0 Å². The largest absolute Gasteiger partial charge is 0.490 e. The van der Waals surface area contributed by atoms with Crippen LogP contribution in [0.5, 0.6) is 11.5 Å². The predicted octanol–water partition coefficient (Wildman–Crippen LogP) is 3.17. The first-order chi connectivity index (χ1) is 14.9. The average molecular weight is 423 g/mol. The molecule has 0 unspecified atom stereocenters. The van der Waals surface area contributed by atoms with Crippen LogP contribution in [0.25, 0.3) is 0 Å². The third kappa shape index (κ3) is 3.14. The van der Waals surface area contributed by atoms with Crippen molar-refractivity contribution >= 4 is 11.6 Å². The zero-order chi connectivity index (χ0) is 22.2. The van der Waals surface area contributed by atoms with E-state index in [0.717, 1.165) is 5.56 Å². The summed E-state index contributed by atoms with van der Waals surface area (Å²) in [6.45, 7) is 6.62. The Morgan fingerprint density at radius 2 is 2.06 bits per heavy atom. The van der Waals surface area contributed by atoms with E-state index in [0.29, 0.717) is 42.5 Å². The first-order valence-electron chi connectivity index (χ1n) is 10.2. The van der Waals surface area contributed by atoms with Crippen LogP contribution in [0.2, 0.25) is 0 Å². The second kappa shape index (κ2) is 8.03. The normalized spacial score (nSPS) is 24.6. The van der Waals surface area contributed by atoms with E-state index in [1.807, 2.05) is 19.1 Å². The van der Waals surface area contributed by atoms with Crippen LogP contribution in [-0.2, 0) is 10.3 Å². The number of hydrogen-bond acceptors (Lipinski definition) is 6. The molecule has 1 N–H and O–H groups in total. The number of carbonyl (C=O) groups excluding carboxylic acids is 1. The van der Waals surface area contributed by atoms with Gasteiger partial charge < -0.3 is 14.8 Å². The topological polar surface area (TPSA) is 93.9 Å². The maximum absolute atomic E-state index is 13.2. The van der Waals surface area contributed by atoms with Gasteiger partial charge in [0.25, 0.3) is 11.9 Å². The fourth-order valence-corrected chi connectivity index (χ4v) is 4.87. The number of likely N-dealkylation sites (tertiary alicyclic amines) is 1. The van der Waals surface area contributed by atoms with Crippen molar-refractivity contribution in [3.63, 3.8) is 0 Å². The van der Waals surface area contributed by atoms with Crippen LogP contribution in [0.3, 0.4) is 0 Å². The first kappa shape index (κ1) is 20.9. The smallest absolute Gasteiger partial charge is 0.256 e. The lowest BCUT2D eigenvalue weighted by Gasteiger charge is -2.30. The van der Waals surface area contributed by atoms with Gasteiger partial charge in [0, 0.05) is 22.7 Å². The van der Waals surface area contributed by atoms with Crippen LogP contribution < -0.4 is 14.8 Å². The first-order valence-corrected chi connectivity index (χ1v) is 10.2. The van der Waals surface area contributed by atoms with E-state index in [9.17, 15) is 14.9 Å². The Morgan fingerprint density at radius 3 is 2.77 bits per heavy atom. The number of benzene rings is 2. The number of amides is 1. The number of carbonyl (C=O) groups is 1. The van der Waals surface area contributed by atoms with E-state index in [-0.39, 0.29) is 10.8 Å². The van der Waals surface area contributed by atoms with E-state index in [4.69, 9.17) is 9.47 Å². The second-order valence-corrected chi connectivity index (χ2v) is 7.72. The Kier molecular flexibility index (Phi) is 5.41. The lowest BCUT2D eigenvalue weighted by Crippen LogP contribution is -2.54. The lowest BCUT2D eigenvalue weighted by molar-refractivity contribution is -0.534. The fourth-order valence-electron chi connectivity index (χ4n) is 4.87. The zero-order valence-electron chi connectivity index (χ0n) is 17.5. The van der Waals surface area contributed by atoms with Crippen molar-refractivity contribution in [3.8, 4) is 11.5 Å². The highest BCUT2D eigenvalue weighted by Crippen LogP contribution is 2.52. The molecule has 2 aromatic carbocycles. The maximum atomic E-state index is 13.2. The second-order valence-electron chi connectivity index (χ2n) is 7.72. The Morgan fingerprint density at radius 1 is 1.29 bits per heavy atom. The van der Waals surface area contributed by atoms with Crippen molar-refractivity contribution in [2.45, 2.75) is 24.4 Å². The third-order valence-corrected chi connectivity index (χ3v) is 6.09. The van der Waals surface area contributed by atoms with Crippen LogP contribution >= 0.6 is 0 Å². The Hall–Kier alpha value is -3.39. The molecule has 162 valence electrons. The molecule has 2 aromatic rings. The molecule has 8 heteroatoms. The molecule has 3 atom stereocenters. The van der Waals surface area contributed by atoms with E-state index in [2.05, 4.69) is 11.9 Å². The third-order valence-electron chi connectivity index (χ3n) is 6.09. The average Bonchev–Trinajstić information content (AvgIpc) is 3.23. The summed E-state index contributed by atoms with van der Waals surface area (Å²) < 4.78 is 11.4. The van der Waals surface area contributed by atoms with Crippen molar-refractivity contribution in [2.75, 3.05) is 32.1 Å². The van der Waals surface area contributed by atoms with Crippen LogP contribution in [0.4, 0.5) is 5.69 Å². The highest BCUT2D eigenvalue weighted by Gasteiger charge is 2.68. The summed E-state index contributed by atoms with van der Waals surface area (Å²) in [7, 11) is 1.77. The molecule has 1 spiro atoms. The highest BCUT2D eigenvalue weighted by molar-refractivity contribution is 6.06. The zero-order valence-corrected chi connectivity index (χ0v) is 17.5. The summed E-state index contributed by atoms with van der Waals surface area (Å²) in [5, 5.41) is 15.2. The molecule has 0 bridgehead atoms. The van der Waals surface area contributed by atoms with E-state index in [1.165, 1.54) is 0 Å². The molecule has 1 saturated heterocycles. The number of hydrogen-bond donors (Lipinski definition) is 1. The van der Waals surface area contributed by atoms with Crippen molar-refractivity contribution in [3.05, 3.63) is 76.4 Å². The van der Waals surface area contributed by atoms with E-state index < -0.39 is 17.5 Å². The molecule has 31 heavy (non-hydrogen) atoms. The number of anilines is 1. The standard InChI is InChI=1S/C23H25N3O5/c1-4-12-31-19-11-10-15(13-20(19)30-5-2)16-14-25(3)23(21(16)26(28)29)17-8-6-7-9-18(17)24-22(23)27/h4,6-11,13,16,21H,1,5,12,14H2,2-3H3,(H,24,27)/t16-,21-,23+/m0/s1. The summed E-state index contributed by atoms with van der Waals surface area (Å²) >= 11 is 0. The quantitative estimate of drug-likeness (QED) is 0.418.